The van der Waals surface area contributed by atoms with Crippen LogP contribution in [0.15, 0.2) is 65.6 Å². The van der Waals surface area contributed by atoms with Crippen LogP contribution in [0.1, 0.15) is 32.1 Å². The van der Waals surface area contributed by atoms with E-state index in [0.29, 0.717) is 17.9 Å². The minimum atomic E-state index is -0.690. The highest BCUT2D eigenvalue weighted by atomic mass is 16.5. The molecule has 0 saturated carbocycles. The van der Waals surface area contributed by atoms with Crippen molar-refractivity contribution in [3.8, 4) is 0 Å². The van der Waals surface area contributed by atoms with Crippen LogP contribution in [0.5, 0.6) is 0 Å². The van der Waals surface area contributed by atoms with Crippen LogP contribution < -0.4 is 10.6 Å². The molecule has 10 nitrogen and oxygen atoms in total. The van der Waals surface area contributed by atoms with Crippen molar-refractivity contribution in [1.29, 1.82) is 0 Å². The number of hydrogen-bond donors (Lipinski definition) is 3. The number of benzene rings is 1. The van der Waals surface area contributed by atoms with E-state index in [4.69, 9.17) is 0 Å². The molecule has 0 fully saturated rings. The summed E-state index contributed by atoms with van der Waals surface area (Å²) in [6, 6.07) is 13.2. The van der Waals surface area contributed by atoms with Crippen LogP contribution in [0.4, 0.5) is 5.69 Å². The molecule has 1 aliphatic rings. The van der Waals surface area contributed by atoms with Gasteiger partial charge >= 0.3 is 0 Å². The van der Waals surface area contributed by atoms with Crippen molar-refractivity contribution in [2.75, 3.05) is 25.0 Å². The third-order valence-electron chi connectivity index (χ3n) is 5.79. The van der Waals surface area contributed by atoms with Crippen LogP contribution in [-0.4, -0.2) is 62.1 Å². The molecule has 3 aromatic heterocycles. The summed E-state index contributed by atoms with van der Waals surface area (Å²) in [5.74, 6) is -0.780. The fourth-order valence-corrected chi connectivity index (χ4v) is 4.07. The largest absolute Gasteiger partial charge is 0.390 e. The minimum absolute atomic E-state index is 0.129. The third kappa shape index (κ3) is 4.82. The van der Waals surface area contributed by atoms with Gasteiger partial charge in [0.1, 0.15) is 17.6 Å². The second-order valence-corrected chi connectivity index (χ2v) is 8.27. The lowest BCUT2D eigenvalue weighted by Crippen LogP contribution is -2.42. The lowest BCUT2D eigenvalue weighted by atomic mass is 10.00. The molecule has 10 heteroatoms. The summed E-state index contributed by atoms with van der Waals surface area (Å²) in [5.41, 5.74) is 4.10. The van der Waals surface area contributed by atoms with Gasteiger partial charge in [-0.1, -0.05) is 29.4 Å². The van der Waals surface area contributed by atoms with Crippen molar-refractivity contribution >= 4 is 23.1 Å². The fraction of sp³-hybridized carbons (Fsp3) is 0.250. The summed E-state index contributed by atoms with van der Waals surface area (Å²) in [4.78, 5) is 31.2. The summed E-state index contributed by atoms with van der Waals surface area (Å²) in [7, 11) is 0. The zero-order valence-corrected chi connectivity index (χ0v) is 18.3. The van der Waals surface area contributed by atoms with Crippen LogP contribution in [0.25, 0.3) is 5.65 Å². The van der Waals surface area contributed by atoms with E-state index < -0.39 is 12.0 Å². The number of amides is 2. The highest BCUT2D eigenvalue weighted by Gasteiger charge is 2.19. The molecule has 1 aliphatic heterocycles. The Hall–Kier alpha value is -4.02. The Labute approximate surface area is 195 Å². The molecule has 5 rings (SSSR count). The van der Waals surface area contributed by atoms with Gasteiger partial charge in [0.05, 0.1) is 11.8 Å². The Balaban J connectivity index is 1.15. The van der Waals surface area contributed by atoms with Crippen molar-refractivity contribution in [3.05, 3.63) is 83.6 Å². The van der Waals surface area contributed by atoms with Crippen LogP contribution >= 0.6 is 0 Å². The molecule has 1 aromatic carbocycles. The summed E-state index contributed by atoms with van der Waals surface area (Å²) in [6.07, 6.45) is 4.81. The first-order chi connectivity index (χ1) is 16.5. The number of hydrogen-bond acceptors (Lipinski definition) is 7. The molecule has 2 amide bonds. The van der Waals surface area contributed by atoms with Crippen molar-refractivity contribution in [2.45, 2.75) is 19.1 Å². The summed E-state index contributed by atoms with van der Waals surface area (Å²) in [5, 5.41) is 19.5. The van der Waals surface area contributed by atoms with E-state index in [-0.39, 0.29) is 23.8 Å². The molecule has 0 unspecified atom stereocenters. The lowest BCUT2D eigenvalue weighted by Gasteiger charge is -2.30. The molecular formula is C24H24N6O4. The van der Waals surface area contributed by atoms with E-state index in [1.165, 1.54) is 23.5 Å². The number of nitrogens with one attached hydrogen (secondary N) is 2. The van der Waals surface area contributed by atoms with E-state index in [1.807, 2.05) is 12.1 Å². The molecule has 4 heterocycles. The number of β-amino-alcohol motifs (C(OH)–C–C–N with tert-alkyl or cyclic N) is 1. The average molecular weight is 460 g/mol. The Morgan fingerprint density at radius 1 is 1.06 bits per heavy atom. The standard InChI is InChI=1S/C24H24N6O4/c31-19(14-29-9-7-16-3-1-2-4-17(16)12-29)11-25-23(32)21-15-30-13-18(5-6-22(30)27-21)26-24(33)20-8-10-34-28-20/h1-6,8,10,13,15,19,31H,7,9,11-12,14H2,(H,25,32)(H,26,33)/t19-/m0/s1. The molecule has 4 aromatic rings. The second kappa shape index (κ2) is 9.46. The predicted octanol–water partition coefficient (Wildman–Crippen LogP) is 1.72. The molecule has 1 atom stereocenters. The first-order valence-corrected chi connectivity index (χ1v) is 11.0. The van der Waals surface area contributed by atoms with Crippen LogP contribution in [0.3, 0.4) is 0 Å². The molecule has 0 saturated heterocycles. The van der Waals surface area contributed by atoms with Crippen molar-refractivity contribution in [1.82, 2.24) is 24.8 Å². The number of pyridine rings is 1. The van der Waals surface area contributed by atoms with E-state index in [2.05, 4.69) is 42.3 Å². The highest BCUT2D eigenvalue weighted by Crippen LogP contribution is 2.18. The topological polar surface area (TPSA) is 125 Å². The molecule has 174 valence electrons. The summed E-state index contributed by atoms with van der Waals surface area (Å²) >= 11 is 0. The van der Waals surface area contributed by atoms with Gasteiger partial charge < -0.3 is 24.7 Å². The maximum atomic E-state index is 12.6. The zero-order valence-electron chi connectivity index (χ0n) is 18.3. The number of anilines is 1. The van der Waals surface area contributed by atoms with Gasteiger partial charge in [-0.3, -0.25) is 14.5 Å². The number of carbonyl (C=O) groups is 2. The zero-order chi connectivity index (χ0) is 23.5. The van der Waals surface area contributed by atoms with E-state index in [9.17, 15) is 14.7 Å². The van der Waals surface area contributed by atoms with Gasteiger partial charge in [-0.05, 0) is 29.7 Å². The number of carbonyl (C=O) groups excluding carboxylic acids is 2. The number of aliphatic hydroxyl groups excluding tert-OH is 1. The Kier molecular flexibility index (Phi) is 6.07. The van der Waals surface area contributed by atoms with Crippen molar-refractivity contribution in [2.24, 2.45) is 0 Å². The number of imidazole rings is 1. The molecule has 0 bridgehead atoms. The van der Waals surface area contributed by atoms with Gasteiger partial charge in [-0.25, -0.2) is 4.98 Å². The van der Waals surface area contributed by atoms with Gasteiger partial charge in [0, 0.05) is 44.6 Å². The molecule has 0 aliphatic carbocycles. The lowest BCUT2D eigenvalue weighted by molar-refractivity contribution is 0.0838. The van der Waals surface area contributed by atoms with Crippen LogP contribution in [-0.2, 0) is 13.0 Å². The second-order valence-electron chi connectivity index (χ2n) is 8.27. The van der Waals surface area contributed by atoms with Gasteiger partial charge in [-0.2, -0.15) is 0 Å². The predicted molar refractivity (Wildman–Crippen MR) is 123 cm³/mol. The third-order valence-corrected chi connectivity index (χ3v) is 5.79. The van der Waals surface area contributed by atoms with Crippen molar-refractivity contribution in [3.63, 3.8) is 0 Å². The fourth-order valence-electron chi connectivity index (χ4n) is 4.07. The number of aliphatic hydroxyl groups is 1. The first kappa shape index (κ1) is 21.8. The monoisotopic (exact) mass is 460 g/mol. The van der Waals surface area contributed by atoms with E-state index >= 15 is 0 Å². The van der Waals surface area contributed by atoms with Crippen LogP contribution in [0, 0.1) is 0 Å². The van der Waals surface area contributed by atoms with Gasteiger partial charge in [0.2, 0.25) is 0 Å². The Morgan fingerprint density at radius 3 is 2.74 bits per heavy atom. The number of rotatable bonds is 7. The Morgan fingerprint density at radius 2 is 1.91 bits per heavy atom. The van der Waals surface area contributed by atoms with Gasteiger partial charge in [0.25, 0.3) is 11.8 Å². The van der Waals surface area contributed by atoms with Crippen LogP contribution in [0.2, 0.25) is 0 Å². The first-order valence-electron chi connectivity index (χ1n) is 11.0. The normalized spacial score (nSPS) is 14.5. The summed E-state index contributed by atoms with van der Waals surface area (Å²) in [6.45, 7) is 2.28. The van der Waals surface area contributed by atoms with Crippen molar-refractivity contribution < 1.29 is 19.2 Å². The van der Waals surface area contributed by atoms with Gasteiger partial charge in [-0.15, -0.1) is 0 Å². The van der Waals surface area contributed by atoms with Gasteiger partial charge in [0.15, 0.2) is 5.69 Å². The summed E-state index contributed by atoms with van der Waals surface area (Å²) < 4.78 is 6.33. The molecule has 3 N–H and O–H groups in total. The molecule has 0 spiro atoms. The molecule has 34 heavy (non-hydrogen) atoms. The van der Waals surface area contributed by atoms with E-state index in [0.717, 1.165) is 19.5 Å². The Bertz CT molecular complexity index is 1320. The molecular weight excluding hydrogens is 436 g/mol. The maximum Gasteiger partial charge on any atom is 0.277 e. The quantitative estimate of drug-likeness (QED) is 0.384. The SMILES string of the molecule is O=C(NC[C@H](O)CN1CCc2ccccc2C1)c1cn2cc(NC(=O)c3ccon3)ccc2n1. The van der Waals surface area contributed by atoms with E-state index in [1.54, 1.807) is 28.9 Å². The maximum absolute atomic E-state index is 12.6. The average Bonchev–Trinajstić information content (AvgIpc) is 3.52. The molecule has 0 radical (unpaired) electrons. The smallest absolute Gasteiger partial charge is 0.277 e. The number of nitrogens with zero attached hydrogens (tertiary/aromatic N) is 4. The number of fused-ring (bicyclic) bond motifs is 2. The number of aromatic nitrogens is 3. The minimum Gasteiger partial charge on any atom is -0.390 e. The highest BCUT2D eigenvalue weighted by molar-refractivity contribution is 6.02.